The molecule has 0 unspecified atom stereocenters. The first-order chi connectivity index (χ1) is 8.63. The number of nitrogens with zero attached hydrogens (tertiary/aromatic N) is 2. The molecule has 0 bridgehead atoms. The van der Waals surface area contributed by atoms with Gasteiger partial charge in [-0.15, -0.1) is 0 Å². The van der Waals surface area contributed by atoms with Gasteiger partial charge in [0.2, 0.25) is 0 Å². The minimum absolute atomic E-state index is 0.288. The van der Waals surface area contributed by atoms with E-state index in [0.29, 0.717) is 30.5 Å². The van der Waals surface area contributed by atoms with E-state index < -0.39 is 12.0 Å². The van der Waals surface area contributed by atoms with Crippen molar-refractivity contribution in [3.8, 4) is 6.07 Å². The lowest BCUT2D eigenvalue weighted by Crippen LogP contribution is -2.40. The van der Waals surface area contributed by atoms with E-state index in [2.05, 4.69) is 0 Å². The maximum atomic E-state index is 12.1. The highest BCUT2D eigenvalue weighted by molar-refractivity contribution is 5.97. The Morgan fingerprint density at radius 3 is 2.56 bits per heavy atom. The van der Waals surface area contributed by atoms with Gasteiger partial charge in [-0.2, -0.15) is 5.26 Å². The van der Waals surface area contributed by atoms with E-state index in [0.717, 1.165) is 0 Å². The highest BCUT2D eigenvalue weighted by Crippen LogP contribution is 2.20. The standard InChI is InChI=1S/C13H12N2O3/c14-8-9-3-5-10(6-4-9)12(16)15-7-1-2-11(15)13(17)18/h3-6,11H,1-2,7H2,(H,17,18)/t11-/m1/s1. The summed E-state index contributed by atoms with van der Waals surface area (Å²) in [6.07, 6.45) is 1.20. The number of carboxylic acid groups (broad SMARTS) is 1. The molecule has 0 saturated carbocycles. The lowest BCUT2D eigenvalue weighted by Gasteiger charge is -2.21. The molecule has 1 N–H and O–H groups in total. The fourth-order valence-corrected chi connectivity index (χ4v) is 2.12. The van der Waals surface area contributed by atoms with Gasteiger partial charge >= 0.3 is 5.97 Å². The number of benzene rings is 1. The Hall–Kier alpha value is -2.35. The van der Waals surface area contributed by atoms with Crippen molar-refractivity contribution < 1.29 is 14.7 Å². The zero-order chi connectivity index (χ0) is 13.1. The summed E-state index contributed by atoms with van der Waals surface area (Å²) in [6, 6.07) is 7.46. The SMILES string of the molecule is N#Cc1ccc(C(=O)N2CCC[C@@H]2C(=O)O)cc1. The molecular weight excluding hydrogens is 232 g/mol. The fourth-order valence-electron chi connectivity index (χ4n) is 2.12. The second-order valence-corrected chi connectivity index (χ2v) is 4.18. The molecule has 1 fully saturated rings. The van der Waals surface area contributed by atoms with Crippen molar-refractivity contribution in [2.45, 2.75) is 18.9 Å². The highest BCUT2D eigenvalue weighted by Gasteiger charge is 2.34. The lowest BCUT2D eigenvalue weighted by atomic mass is 10.1. The van der Waals surface area contributed by atoms with Crippen LogP contribution in [0.3, 0.4) is 0 Å². The summed E-state index contributed by atoms with van der Waals surface area (Å²) in [5.74, 6) is -1.25. The van der Waals surface area contributed by atoms with Crippen LogP contribution in [0.2, 0.25) is 0 Å². The number of carboxylic acids is 1. The summed E-state index contributed by atoms with van der Waals surface area (Å²) in [7, 11) is 0. The highest BCUT2D eigenvalue weighted by atomic mass is 16.4. The molecule has 1 saturated heterocycles. The zero-order valence-electron chi connectivity index (χ0n) is 9.67. The molecule has 1 amide bonds. The molecular formula is C13H12N2O3. The zero-order valence-corrected chi connectivity index (χ0v) is 9.67. The third-order valence-electron chi connectivity index (χ3n) is 3.06. The third kappa shape index (κ3) is 2.18. The van der Waals surface area contributed by atoms with Crippen LogP contribution in [0.4, 0.5) is 0 Å². The van der Waals surface area contributed by atoms with Gasteiger partial charge in [-0.25, -0.2) is 4.79 Å². The second kappa shape index (κ2) is 4.88. The summed E-state index contributed by atoms with van der Waals surface area (Å²) >= 11 is 0. The van der Waals surface area contributed by atoms with Gasteiger partial charge in [0, 0.05) is 12.1 Å². The molecule has 0 radical (unpaired) electrons. The van der Waals surface area contributed by atoms with Crippen molar-refractivity contribution in [2.75, 3.05) is 6.54 Å². The molecule has 0 aromatic heterocycles. The number of carbonyl (C=O) groups excluding carboxylic acids is 1. The molecule has 1 aromatic rings. The van der Waals surface area contributed by atoms with E-state index in [1.807, 2.05) is 6.07 Å². The Bertz CT molecular complexity index is 516. The molecule has 1 heterocycles. The first kappa shape index (κ1) is 12.1. The van der Waals surface area contributed by atoms with Crippen LogP contribution in [0.25, 0.3) is 0 Å². The van der Waals surface area contributed by atoms with Gasteiger partial charge in [-0.3, -0.25) is 4.79 Å². The summed E-state index contributed by atoms with van der Waals surface area (Å²) in [6.45, 7) is 0.468. The smallest absolute Gasteiger partial charge is 0.326 e. The molecule has 1 atom stereocenters. The van der Waals surface area contributed by atoms with Crippen molar-refractivity contribution in [3.63, 3.8) is 0 Å². The van der Waals surface area contributed by atoms with Crippen molar-refractivity contribution >= 4 is 11.9 Å². The first-order valence-electron chi connectivity index (χ1n) is 5.67. The molecule has 1 aliphatic rings. The van der Waals surface area contributed by atoms with Gasteiger partial charge in [-0.05, 0) is 37.1 Å². The number of amides is 1. The monoisotopic (exact) mass is 244 g/mol. The van der Waals surface area contributed by atoms with Crippen LogP contribution in [0.15, 0.2) is 24.3 Å². The maximum Gasteiger partial charge on any atom is 0.326 e. The first-order valence-corrected chi connectivity index (χ1v) is 5.67. The number of aliphatic carboxylic acids is 1. The molecule has 5 heteroatoms. The average molecular weight is 244 g/mol. The Kier molecular flexibility index (Phi) is 3.28. The molecule has 1 aliphatic heterocycles. The van der Waals surface area contributed by atoms with E-state index in [1.54, 1.807) is 24.3 Å². The number of rotatable bonds is 2. The quantitative estimate of drug-likeness (QED) is 0.848. The Morgan fingerprint density at radius 1 is 1.33 bits per heavy atom. The lowest BCUT2D eigenvalue weighted by molar-refractivity contribution is -0.141. The molecule has 5 nitrogen and oxygen atoms in total. The van der Waals surface area contributed by atoms with Crippen LogP contribution in [0.1, 0.15) is 28.8 Å². The Balaban J connectivity index is 2.20. The maximum absolute atomic E-state index is 12.1. The van der Waals surface area contributed by atoms with Crippen LogP contribution in [-0.2, 0) is 4.79 Å². The fraction of sp³-hybridized carbons (Fsp3) is 0.308. The minimum Gasteiger partial charge on any atom is -0.480 e. The van der Waals surface area contributed by atoms with Gasteiger partial charge in [0.1, 0.15) is 6.04 Å². The largest absolute Gasteiger partial charge is 0.480 e. The van der Waals surface area contributed by atoms with Gasteiger partial charge in [-0.1, -0.05) is 0 Å². The van der Waals surface area contributed by atoms with E-state index in [1.165, 1.54) is 4.90 Å². The van der Waals surface area contributed by atoms with Gasteiger partial charge in [0.25, 0.3) is 5.91 Å². The predicted octanol–water partition coefficient (Wildman–Crippen LogP) is 1.25. The van der Waals surface area contributed by atoms with E-state index in [4.69, 9.17) is 10.4 Å². The Morgan fingerprint density at radius 2 is 2.00 bits per heavy atom. The number of likely N-dealkylation sites (tertiary alicyclic amines) is 1. The number of carbonyl (C=O) groups is 2. The van der Waals surface area contributed by atoms with Crippen LogP contribution < -0.4 is 0 Å². The van der Waals surface area contributed by atoms with Gasteiger partial charge in [0.15, 0.2) is 0 Å². The summed E-state index contributed by atoms with van der Waals surface area (Å²) in [4.78, 5) is 24.5. The van der Waals surface area contributed by atoms with Gasteiger partial charge < -0.3 is 10.0 Å². The third-order valence-corrected chi connectivity index (χ3v) is 3.06. The van der Waals surface area contributed by atoms with Crippen molar-refractivity contribution in [3.05, 3.63) is 35.4 Å². The molecule has 92 valence electrons. The van der Waals surface area contributed by atoms with Crippen molar-refractivity contribution in [1.29, 1.82) is 5.26 Å². The minimum atomic E-state index is -0.963. The Labute approximate surface area is 104 Å². The summed E-state index contributed by atoms with van der Waals surface area (Å²) in [5.41, 5.74) is 0.893. The summed E-state index contributed by atoms with van der Waals surface area (Å²) < 4.78 is 0. The van der Waals surface area contributed by atoms with E-state index in [-0.39, 0.29) is 5.91 Å². The van der Waals surface area contributed by atoms with Crippen LogP contribution in [0, 0.1) is 11.3 Å². The van der Waals surface area contributed by atoms with Crippen LogP contribution in [0.5, 0.6) is 0 Å². The van der Waals surface area contributed by atoms with Crippen LogP contribution >= 0.6 is 0 Å². The van der Waals surface area contributed by atoms with Gasteiger partial charge in [0.05, 0.1) is 11.6 Å². The normalized spacial score (nSPS) is 18.4. The molecule has 18 heavy (non-hydrogen) atoms. The van der Waals surface area contributed by atoms with Crippen molar-refractivity contribution in [1.82, 2.24) is 4.90 Å². The van der Waals surface area contributed by atoms with E-state index >= 15 is 0 Å². The van der Waals surface area contributed by atoms with E-state index in [9.17, 15) is 9.59 Å². The van der Waals surface area contributed by atoms with Crippen molar-refractivity contribution in [2.24, 2.45) is 0 Å². The molecule has 1 aromatic carbocycles. The number of hydrogen-bond acceptors (Lipinski definition) is 3. The second-order valence-electron chi connectivity index (χ2n) is 4.18. The van der Waals surface area contributed by atoms with Crippen LogP contribution in [-0.4, -0.2) is 34.5 Å². The number of hydrogen-bond donors (Lipinski definition) is 1. The molecule has 0 aliphatic carbocycles. The predicted molar refractivity (Wildman–Crippen MR) is 62.9 cm³/mol. The number of nitriles is 1. The summed E-state index contributed by atoms with van der Waals surface area (Å²) in [5, 5.41) is 17.7. The molecule has 2 rings (SSSR count). The molecule has 0 spiro atoms. The topological polar surface area (TPSA) is 81.4 Å². The average Bonchev–Trinajstić information content (AvgIpc) is 2.87.